The van der Waals surface area contributed by atoms with Crippen LogP contribution in [0.1, 0.15) is 19.4 Å². The maximum Gasteiger partial charge on any atom is 0.243 e. The standard InChI is InChI=1S/C13H19NO4S/c1-10-4-6-11(7-5-10)19(17,18)14-8-12(2,15)13(3,16)9-14/h4-7,15-16H,8-9H2,1-3H3/t12-,13+. The number of benzene rings is 1. The fraction of sp³-hybridized carbons (Fsp3) is 0.538. The number of aryl methyl sites for hydroxylation is 1. The number of hydrogen-bond acceptors (Lipinski definition) is 4. The van der Waals surface area contributed by atoms with Crippen LogP contribution in [0.15, 0.2) is 29.2 Å². The average Bonchev–Trinajstić information content (AvgIpc) is 2.49. The van der Waals surface area contributed by atoms with Crippen molar-refractivity contribution in [3.63, 3.8) is 0 Å². The highest BCUT2D eigenvalue weighted by atomic mass is 32.2. The van der Waals surface area contributed by atoms with Gasteiger partial charge in [-0.05, 0) is 32.9 Å². The minimum atomic E-state index is -3.68. The maximum atomic E-state index is 12.4. The van der Waals surface area contributed by atoms with Crippen LogP contribution in [0, 0.1) is 6.92 Å². The van der Waals surface area contributed by atoms with E-state index in [-0.39, 0.29) is 18.0 Å². The van der Waals surface area contributed by atoms with Crippen molar-refractivity contribution in [3.8, 4) is 0 Å². The first-order chi connectivity index (χ1) is 8.56. The van der Waals surface area contributed by atoms with E-state index in [1.54, 1.807) is 12.1 Å². The normalized spacial score (nSPS) is 32.7. The third-order valence-electron chi connectivity index (χ3n) is 3.79. The minimum Gasteiger partial charge on any atom is -0.386 e. The number of β-amino-alcohol motifs (C(OH)–C–C–N with tert-alkyl or cyclic N) is 2. The van der Waals surface area contributed by atoms with Crippen molar-refractivity contribution < 1.29 is 18.6 Å². The minimum absolute atomic E-state index is 0.115. The van der Waals surface area contributed by atoms with Crippen LogP contribution in [-0.4, -0.2) is 47.2 Å². The molecule has 19 heavy (non-hydrogen) atoms. The van der Waals surface area contributed by atoms with Gasteiger partial charge >= 0.3 is 0 Å². The second-order valence-corrected chi connectivity index (χ2v) is 7.57. The highest BCUT2D eigenvalue weighted by molar-refractivity contribution is 7.89. The largest absolute Gasteiger partial charge is 0.386 e. The van der Waals surface area contributed by atoms with Crippen LogP contribution in [-0.2, 0) is 10.0 Å². The molecule has 1 heterocycles. The SMILES string of the molecule is Cc1ccc(S(=O)(=O)N2C[C@](C)(O)[C@](C)(O)C2)cc1. The number of aliphatic hydroxyl groups is 2. The summed E-state index contributed by atoms with van der Waals surface area (Å²) in [4.78, 5) is 0.173. The van der Waals surface area contributed by atoms with Gasteiger partial charge in [0.2, 0.25) is 10.0 Å². The maximum absolute atomic E-state index is 12.4. The number of hydrogen-bond donors (Lipinski definition) is 2. The molecule has 2 atom stereocenters. The molecule has 106 valence electrons. The molecule has 0 saturated carbocycles. The number of nitrogens with zero attached hydrogens (tertiary/aromatic N) is 1. The van der Waals surface area contributed by atoms with Crippen LogP contribution < -0.4 is 0 Å². The van der Waals surface area contributed by atoms with Crippen molar-refractivity contribution in [2.24, 2.45) is 0 Å². The average molecular weight is 285 g/mol. The molecule has 2 N–H and O–H groups in total. The van der Waals surface area contributed by atoms with E-state index < -0.39 is 21.2 Å². The topological polar surface area (TPSA) is 77.8 Å². The van der Waals surface area contributed by atoms with Crippen molar-refractivity contribution in [3.05, 3.63) is 29.8 Å². The summed E-state index contributed by atoms with van der Waals surface area (Å²) in [5.41, 5.74) is -1.94. The lowest BCUT2D eigenvalue weighted by molar-refractivity contribution is -0.0935. The van der Waals surface area contributed by atoms with E-state index in [0.717, 1.165) is 9.87 Å². The Balaban J connectivity index is 2.35. The van der Waals surface area contributed by atoms with Gasteiger partial charge in [-0.15, -0.1) is 0 Å². The van der Waals surface area contributed by atoms with E-state index >= 15 is 0 Å². The summed E-state index contributed by atoms with van der Waals surface area (Å²) in [5, 5.41) is 20.2. The van der Waals surface area contributed by atoms with Crippen molar-refractivity contribution in [1.29, 1.82) is 0 Å². The van der Waals surface area contributed by atoms with Gasteiger partial charge in [-0.3, -0.25) is 0 Å². The van der Waals surface area contributed by atoms with Crippen LogP contribution in [0.4, 0.5) is 0 Å². The summed E-state index contributed by atoms with van der Waals surface area (Å²) in [6.45, 7) is 4.53. The predicted octanol–water partition coefficient (Wildman–Crippen LogP) is 0.501. The molecule has 0 spiro atoms. The quantitative estimate of drug-likeness (QED) is 0.829. The first-order valence-electron chi connectivity index (χ1n) is 6.08. The van der Waals surface area contributed by atoms with E-state index in [0.29, 0.717) is 0 Å². The van der Waals surface area contributed by atoms with Crippen molar-refractivity contribution >= 4 is 10.0 Å². The third-order valence-corrected chi connectivity index (χ3v) is 5.59. The van der Waals surface area contributed by atoms with Crippen LogP contribution in [0.3, 0.4) is 0 Å². The van der Waals surface area contributed by atoms with Crippen molar-refractivity contribution in [2.45, 2.75) is 36.9 Å². The molecule has 1 aromatic rings. The third kappa shape index (κ3) is 2.41. The molecule has 0 aromatic heterocycles. The van der Waals surface area contributed by atoms with Gasteiger partial charge in [0, 0.05) is 13.1 Å². The van der Waals surface area contributed by atoms with Crippen molar-refractivity contribution in [1.82, 2.24) is 4.31 Å². The number of rotatable bonds is 2. The van der Waals surface area contributed by atoms with Gasteiger partial charge in [-0.2, -0.15) is 4.31 Å². The molecule has 1 saturated heterocycles. The molecule has 1 fully saturated rings. The molecular weight excluding hydrogens is 266 g/mol. The Labute approximate surface area is 113 Å². The summed E-state index contributed by atoms with van der Waals surface area (Å²) in [6.07, 6.45) is 0. The van der Waals surface area contributed by atoms with Gasteiger partial charge in [-0.25, -0.2) is 8.42 Å². The first kappa shape index (κ1) is 14.5. The Morgan fingerprint density at radius 2 is 1.47 bits per heavy atom. The molecule has 1 aromatic carbocycles. The Kier molecular flexibility index (Phi) is 3.25. The van der Waals surface area contributed by atoms with Crippen LogP contribution in [0.5, 0.6) is 0 Å². The Hall–Kier alpha value is -0.950. The molecule has 0 unspecified atom stereocenters. The molecule has 0 aliphatic carbocycles. The lowest BCUT2D eigenvalue weighted by atomic mass is 9.90. The van der Waals surface area contributed by atoms with Gasteiger partial charge in [-0.1, -0.05) is 17.7 Å². The van der Waals surface area contributed by atoms with Gasteiger partial charge in [0.15, 0.2) is 0 Å². The Morgan fingerprint density at radius 3 is 1.89 bits per heavy atom. The Morgan fingerprint density at radius 1 is 1.05 bits per heavy atom. The second-order valence-electron chi connectivity index (χ2n) is 5.63. The molecule has 0 radical (unpaired) electrons. The summed E-state index contributed by atoms with van der Waals surface area (Å²) >= 11 is 0. The highest BCUT2D eigenvalue weighted by Gasteiger charge is 2.53. The summed E-state index contributed by atoms with van der Waals surface area (Å²) < 4.78 is 26.0. The van der Waals surface area contributed by atoms with Gasteiger partial charge in [0.1, 0.15) is 11.2 Å². The first-order valence-corrected chi connectivity index (χ1v) is 7.52. The molecule has 6 heteroatoms. The second kappa shape index (κ2) is 4.28. The van der Waals surface area contributed by atoms with Gasteiger partial charge < -0.3 is 10.2 Å². The summed E-state index contributed by atoms with van der Waals surface area (Å²) in [7, 11) is -3.68. The lowest BCUT2D eigenvalue weighted by Crippen LogP contribution is -2.48. The lowest BCUT2D eigenvalue weighted by Gasteiger charge is -2.29. The molecule has 1 aliphatic heterocycles. The molecule has 0 amide bonds. The molecule has 5 nitrogen and oxygen atoms in total. The molecule has 0 bridgehead atoms. The number of sulfonamides is 1. The van der Waals surface area contributed by atoms with Crippen LogP contribution >= 0.6 is 0 Å². The fourth-order valence-corrected chi connectivity index (χ4v) is 3.73. The summed E-state index contributed by atoms with van der Waals surface area (Å²) in [6, 6.07) is 6.51. The fourth-order valence-electron chi connectivity index (χ4n) is 2.11. The van der Waals surface area contributed by atoms with Gasteiger partial charge in [0.25, 0.3) is 0 Å². The molecule has 1 aliphatic rings. The summed E-state index contributed by atoms with van der Waals surface area (Å²) in [5.74, 6) is 0. The zero-order valence-corrected chi connectivity index (χ0v) is 12.1. The highest BCUT2D eigenvalue weighted by Crippen LogP contribution is 2.34. The molecular formula is C13H19NO4S. The smallest absolute Gasteiger partial charge is 0.243 e. The molecule has 2 rings (SSSR count). The van der Waals surface area contributed by atoms with E-state index in [1.165, 1.54) is 26.0 Å². The van der Waals surface area contributed by atoms with E-state index in [2.05, 4.69) is 0 Å². The zero-order valence-electron chi connectivity index (χ0n) is 11.3. The van der Waals surface area contributed by atoms with Gasteiger partial charge in [0.05, 0.1) is 4.90 Å². The van der Waals surface area contributed by atoms with Crippen molar-refractivity contribution in [2.75, 3.05) is 13.1 Å². The van der Waals surface area contributed by atoms with E-state index in [9.17, 15) is 18.6 Å². The Bertz CT molecular complexity index is 559. The van der Waals surface area contributed by atoms with Crippen LogP contribution in [0.25, 0.3) is 0 Å². The zero-order chi connectivity index (χ0) is 14.5. The monoisotopic (exact) mass is 285 g/mol. The predicted molar refractivity (Wildman–Crippen MR) is 71.2 cm³/mol. The van der Waals surface area contributed by atoms with E-state index in [4.69, 9.17) is 0 Å². The van der Waals surface area contributed by atoms with Crippen LogP contribution in [0.2, 0.25) is 0 Å². The van der Waals surface area contributed by atoms with E-state index in [1.807, 2.05) is 6.92 Å².